The van der Waals surface area contributed by atoms with Gasteiger partial charge in [-0.15, -0.1) is 0 Å². The van der Waals surface area contributed by atoms with E-state index in [0.29, 0.717) is 24.7 Å². The average Bonchev–Trinajstić information content (AvgIpc) is 3.06. The number of amides is 2. The highest BCUT2D eigenvalue weighted by atomic mass is 32.2. The van der Waals surface area contributed by atoms with Gasteiger partial charge in [0.25, 0.3) is 10.0 Å². The van der Waals surface area contributed by atoms with Gasteiger partial charge in [0.15, 0.2) is 0 Å². The second-order valence-electron chi connectivity index (χ2n) is 10.7. The number of methoxy groups -OCH3 is 1. The number of hydrogen-bond acceptors (Lipinski definition) is 6. The number of ether oxygens (including phenoxy) is 2. The number of likely N-dealkylation sites (N-methyl/N-ethyl adjacent to an activating group) is 1. The van der Waals surface area contributed by atoms with Gasteiger partial charge >= 0.3 is 0 Å². The van der Waals surface area contributed by atoms with Crippen molar-refractivity contribution in [2.24, 2.45) is 0 Å². The normalized spacial score (nSPS) is 11.7. The third-order valence-corrected chi connectivity index (χ3v) is 9.22. The summed E-state index contributed by atoms with van der Waals surface area (Å²) >= 11 is 0. The van der Waals surface area contributed by atoms with Crippen molar-refractivity contribution in [3.8, 4) is 11.5 Å². The molecule has 0 spiro atoms. The van der Waals surface area contributed by atoms with Gasteiger partial charge in [-0.05, 0) is 80.4 Å². The lowest BCUT2D eigenvalue weighted by Gasteiger charge is -2.34. The molecule has 9 nitrogen and oxygen atoms in total. The minimum atomic E-state index is -4.20. The Hall–Kier alpha value is -4.83. The Balaban J connectivity index is 1.80. The fourth-order valence-corrected chi connectivity index (χ4v) is 6.47. The topological polar surface area (TPSA) is 105 Å². The zero-order valence-electron chi connectivity index (χ0n) is 26.7. The fraction of sp³-hybridized carbons (Fsp3) is 0.278. The van der Waals surface area contributed by atoms with Crippen molar-refractivity contribution in [2.45, 2.75) is 44.7 Å². The van der Waals surface area contributed by atoms with Crippen LogP contribution in [0.3, 0.4) is 0 Å². The number of nitrogens with one attached hydrogen (secondary N) is 1. The quantitative estimate of drug-likeness (QED) is 0.187. The molecule has 4 rings (SSSR count). The molecular weight excluding hydrogens is 602 g/mol. The third-order valence-electron chi connectivity index (χ3n) is 7.43. The van der Waals surface area contributed by atoms with Crippen molar-refractivity contribution in [1.82, 2.24) is 10.2 Å². The van der Waals surface area contributed by atoms with Crippen molar-refractivity contribution in [1.29, 1.82) is 0 Å². The van der Waals surface area contributed by atoms with Crippen LogP contribution in [-0.4, -0.2) is 58.0 Å². The lowest BCUT2D eigenvalue weighted by atomic mass is 10.0. The fourth-order valence-electron chi connectivity index (χ4n) is 5.06. The number of carbonyl (C=O) groups is 2. The summed E-state index contributed by atoms with van der Waals surface area (Å²) < 4.78 is 40.4. The van der Waals surface area contributed by atoms with Gasteiger partial charge in [-0.2, -0.15) is 0 Å². The van der Waals surface area contributed by atoms with Crippen LogP contribution >= 0.6 is 0 Å². The van der Waals surface area contributed by atoms with E-state index in [1.807, 2.05) is 63.2 Å². The molecular formula is C36H41N3O6S. The molecule has 0 bridgehead atoms. The Kier molecular flexibility index (Phi) is 11.8. The van der Waals surface area contributed by atoms with E-state index in [0.717, 1.165) is 21.0 Å². The molecule has 0 aliphatic carbocycles. The van der Waals surface area contributed by atoms with Crippen LogP contribution in [0.1, 0.15) is 30.5 Å². The van der Waals surface area contributed by atoms with Gasteiger partial charge in [-0.1, -0.05) is 60.2 Å². The molecule has 10 heteroatoms. The van der Waals surface area contributed by atoms with Gasteiger partial charge in [0.1, 0.15) is 24.1 Å². The van der Waals surface area contributed by atoms with Crippen LogP contribution in [-0.2, 0) is 32.6 Å². The van der Waals surface area contributed by atoms with Gasteiger partial charge in [0.2, 0.25) is 11.8 Å². The summed E-state index contributed by atoms with van der Waals surface area (Å²) in [6.45, 7) is 5.86. The molecule has 242 valence electrons. The summed E-state index contributed by atoms with van der Waals surface area (Å²) in [5.74, 6) is 0.292. The van der Waals surface area contributed by atoms with Crippen LogP contribution < -0.4 is 19.1 Å². The first-order chi connectivity index (χ1) is 22.2. The van der Waals surface area contributed by atoms with Gasteiger partial charge < -0.3 is 19.7 Å². The molecule has 4 aromatic carbocycles. The molecule has 46 heavy (non-hydrogen) atoms. The Morgan fingerprint density at radius 1 is 0.826 bits per heavy atom. The van der Waals surface area contributed by atoms with E-state index in [1.165, 1.54) is 17.0 Å². The van der Waals surface area contributed by atoms with Crippen LogP contribution in [0.25, 0.3) is 0 Å². The number of benzene rings is 4. The average molecular weight is 644 g/mol. The maximum Gasteiger partial charge on any atom is 0.264 e. The number of anilines is 1. The molecule has 0 heterocycles. The first kappa shape index (κ1) is 34.1. The molecule has 0 saturated heterocycles. The van der Waals surface area contributed by atoms with E-state index < -0.39 is 28.5 Å². The Morgan fingerprint density at radius 2 is 1.50 bits per heavy atom. The van der Waals surface area contributed by atoms with E-state index in [2.05, 4.69) is 5.32 Å². The van der Waals surface area contributed by atoms with Gasteiger partial charge in [-0.3, -0.25) is 13.9 Å². The van der Waals surface area contributed by atoms with Gasteiger partial charge in [0.05, 0.1) is 24.3 Å². The largest absolute Gasteiger partial charge is 0.497 e. The lowest BCUT2D eigenvalue weighted by molar-refractivity contribution is -0.140. The number of rotatable bonds is 15. The predicted molar refractivity (Wildman–Crippen MR) is 179 cm³/mol. The smallest absolute Gasteiger partial charge is 0.264 e. The van der Waals surface area contributed by atoms with Crippen molar-refractivity contribution in [3.05, 3.63) is 120 Å². The first-order valence-corrected chi connectivity index (χ1v) is 16.7. The number of nitrogens with zero attached hydrogens (tertiary/aromatic N) is 2. The molecule has 0 aliphatic heterocycles. The maximum atomic E-state index is 14.5. The maximum absolute atomic E-state index is 14.5. The molecule has 0 unspecified atom stereocenters. The molecule has 1 atom stereocenters. The van der Waals surface area contributed by atoms with Crippen molar-refractivity contribution in [3.63, 3.8) is 0 Å². The number of carbonyl (C=O) groups excluding carboxylic acids is 2. The summed E-state index contributed by atoms with van der Waals surface area (Å²) in [5, 5.41) is 2.87. The predicted octanol–water partition coefficient (Wildman–Crippen LogP) is 5.37. The molecule has 0 aliphatic rings. The first-order valence-electron chi connectivity index (χ1n) is 15.2. The number of sulfonamides is 1. The number of hydrogen-bond donors (Lipinski definition) is 1. The van der Waals surface area contributed by atoms with Crippen LogP contribution in [0.5, 0.6) is 11.5 Å². The van der Waals surface area contributed by atoms with Gasteiger partial charge in [-0.25, -0.2) is 8.42 Å². The molecule has 0 saturated carbocycles. The van der Waals surface area contributed by atoms with Crippen LogP contribution in [0.2, 0.25) is 0 Å². The van der Waals surface area contributed by atoms with Crippen molar-refractivity contribution < 1.29 is 27.5 Å². The van der Waals surface area contributed by atoms with E-state index in [9.17, 15) is 18.0 Å². The monoisotopic (exact) mass is 643 g/mol. The minimum Gasteiger partial charge on any atom is -0.497 e. The third kappa shape index (κ3) is 8.66. The van der Waals surface area contributed by atoms with Gasteiger partial charge in [0, 0.05) is 19.5 Å². The summed E-state index contributed by atoms with van der Waals surface area (Å²) in [4.78, 5) is 29.7. The van der Waals surface area contributed by atoms with Crippen LogP contribution in [0.4, 0.5) is 5.69 Å². The lowest BCUT2D eigenvalue weighted by Crippen LogP contribution is -2.53. The SMILES string of the molecule is CCNC(=O)[C@@H](Cc1ccccc1)N(Cc1cccc(OC)c1)C(=O)CN(c1ccc(OCC)cc1)S(=O)(=O)c1ccc(C)cc1. The van der Waals surface area contributed by atoms with E-state index in [-0.39, 0.29) is 29.5 Å². The van der Waals surface area contributed by atoms with Crippen LogP contribution in [0.15, 0.2) is 108 Å². The zero-order chi connectivity index (χ0) is 33.1. The standard InChI is InChI=1S/C36H41N3O6S/c1-5-37-36(41)34(24-28-11-8-7-9-12-28)38(25-29-13-10-14-32(23-29)44-4)35(40)26-39(30-17-19-31(20-18-30)45-6-2)46(42,43)33-21-15-27(3)16-22-33/h7-23,34H,5-6,24-26H2,1-4H3,(H,37,41)/t34-/m1/s1. The molecule has 1 N–H and O–H groups in total. The minimum absolute atomic E-state index is 0.0451. The summed E-state index contributed by atoms with van der Waals surface area (Å²) in [6.07, 6.45) is 0.232. The molecule has 2 amide bonds. The Morgan fingerprint density at radius 3 is 2.13 bits per heavy atom. The van der Waals surface area contributed by atoms with E-state index in [1.54, 1.807) is 55.6 Å². The summed E-state index contributed by atoms with van der Waals surface area (Å²) in [5.41, 5.74) is 2.77. The van der Waals surface area contributed by atoms with Crippen molar-refractivity contribution >= 4 is 27.5 Å². The highest BCUT2D eigenvalue weighted by Gasteiger charge is 2.34. The van der Waals surface area contributed by atoms with Crippen LogP contribution in [0, 0.1) is 6.92 Å². The summed E-state index contributed by atoms with van der Waals surface area (Å²) in [6, 6.07) is 28.8. The summed E-state index contributed by atoms with van der Waals surface area (Å²) in [7, 11) is -2.64. The highest BCUT2D eigenvalue weighted by molar-refractivity contribution is 7.92. The molecule has 0 fully saturated rings. The van der Waals surface area contributed by atoms with E-state index in [4.69, 9.17) is 9.47 Å². The molecule has 0 radical (unpaired) electrons. The molecule has 0 aromatic heterocycles. The Labute approximate surface area is 271 Å². The number of aryl methyl sites for hydroxylation is 1. The second kappa shape index (κ2) is 15.9. The van der Waals surface area contributed by atoms with Crippen molar-refractivity contribution in [2.75, 3.05) is 31.1 Å². The second-order valence-corrected chi connectivity index (χ2v) is 12.6. The Bertz CT molecular complexity index is 1690. The van der Waals surface area contributed by atoms with E-state index >= 15 is 0 Å². The molecule has 4 aromatic rings. The zero-order valence-corrected chi connectivity index (χ0v) is 27.5. The highest BCUT2D eigenvalue weighted by Crippen LogP contribution is 2.27.